The lowest BCUT2D eigenvalue weighted by molar-refractivity contribution is 0.549. The fraction of sp³-hybridized carbons (Fsp3) is 0.545. The van der Waals surface area contributed by atoms with Crippen molar-refractivity contribution in [2.24, 2.45) is 0 Å². The summed E-state index contributed by atoms with van der Waals surface area (Å²) in [7, 11) is 0. The molecule has 0 unspecified atom stereocenters. The number of nitrogens with zero attached hydrogens (tertiary/aromatic N) is 1. The summed E-state index contributed by atoms with van der Waals surface area (Å²) in [5, 5.41) is 0. The van der Waals surface area contributed by atoms with Crippen LogP contribution in [0.25, 0.3) is 0 Å². The van der Waals surface area contributed by atoms with Gasteiger partial charge < -0.3 is 0 Å². The van der Waals surface area contributed by atoms with Crippen molar-refractivity contribution >= 4 is 0 Å². The van der Waals surface area contributed by atoms with Crippen LogP contribution < -0.4 is 0 Å². The van der Waals surface area contributed by atoms with Gasteiger partial charge in [0.05, 0.1) is 6.20 Å². The molecule has 0 amide bonds. The molecule has 1 aromatic rings. The maximum Gasteiger partial charge on any atom is 0.141 e. The van der Waals surface area contributed by atoms with Gasteiger partial charge in [-0.05, 0) is 18.1 Å². The van der Waals surface area contributed by atoms with Crippen molar-refractivity contribution in [1.29, 1.82) is 0 Å². The van der Waals surface area contributed by atoms with Gasteiger partial charge in [-0.15, -0.1) is 0 Å². The second-order valence-corrected chi connectivity index (χ2v) is 4.26. The van der Waals surface area contributed by atoms with Gasteiger partial charge in [0, 0.05) is 11.1 Å². The van der Waals surface area contributed by atoms with Crippen LogP contribution in [0.15, 0.2) is 12.3 Å². The van der Waals surface area contributed by atoms with E-state index in [1.165, 1.54) is 6.20 Å². The monoisotopic (exact) mass is 181 g/mol. The molecule has 0 N–H and O–H groups in total. The van der Waals surface area contributed by atoms with Gasteiger partial charge in [-0.3, -0.25) is 4.98 Å². The largest absolute Gasteiger partial charge is 0.257 e. The molecule has 1 nitrogen and oxygen atoms in total. The topological polar surface area (TPSA) is 12.9 Å². The average Bonchev–Trinajstić information content (AvgIpc) is 2.01. The fourth-order valence-corrected chi connectivity index (χ4v) is 1.43. The van der Waals surface area contributed by atoms with Crippen LogP contribution in [0.4, 0.5) is 4.39 Å². The van der Waals surface area contributed by atoms with Gasteiger partial charge in [0.15, 0.2) is 0 Å². The van der Waals surface area contributed by atoms with Crippen molar-refractivity contribution in [1.82, 2.24) is 4.98 Å². The molecule has 0 saturated heterocycles. The lowest BCUT2D eigenvalue weighted by atomic mass is 9.87. The third-order valence-corrected chi connectivity index (χ3v) is 2.02. The second-order valence-electron chi connectivity index (χ2n) is 4.26. The number of pyridine rings is 1. The molecule has 0 fully saturated rings. The Labute approximate surface area is 79.0 Å². The molecule has 13 heavy (non-hydrogen) atoms. The SMILES string of the molecule is CCc1cc(F)cnc1C(C)(C)C. The Morgan fingerprint density at radius 1 is 1.38 bits per heavy atom. The van der Waals surface area contributed by atoms with Gasteiger partial charge >= 0.3 is 0 Å². The normalized spacial score (nSPS) is 11.8. The molecule has 0 spiro atoms. The highest BCUT2D eigenvalue weighted by molar-refractivity contribution is 5.26. The second kappa shape index (κ2) is 3.44. The van der Waals surface area contributed by atoms with Crippen molar-refractivity contribution in [3.05, 3.63) is 29.3 Å². The van der Waals surface area contributed by atoms with E-state index < -0.39 is 0 Å². The number of hydrogen-bond acceptors (Lipinski definition) is 1. The summed E-state index contributed by atoms with van der Waals surface area (Å²) in [5.41, 5.74) is 2.00. The van der Waals surface area contributed by atoms with Gasteiger partial charge in [-0.25, -0.2) is 4.39 Å². The van der Waals surface area contributed by atoms with E-state index in [9.17, 15) is 4.39 Å². The number of aromatic nitrogens is 1. The van der Waals surface area contributed by atoms with Crippen molar-refractivity contribution in [3.8, 4) is 0 Å². The Hall–Kier alpha value is -0.920. The minimum absolute atomic E-state index is 0.000949. The van der Waals surface area contributed by atoms with Crippen molar-refractivity contribution in [2.45, 2.75) is 39.5 Å². The van der Waals surface area contributed by atoms with E-state index in [0.717, 1.165) is 17.7 Å². The van der Waals surface area contributed by atoms with Gasteiger partial charge in [0.25, 0.3) is 0 Å². The third-order valence-electron chi connectivity index (χ3n) is 2.02. The zero-order valence-electron chi connectivity index (χ0n) is 8.69. The molecule has 1 heterocycles. The third kappa shape index (κ3) is 2.27. The Bertz CT molecular complexity index is 299. The fourth-order valence-electron chi connectivity index (χ4n) is 1.43. The smallest absolute Gasteiger partial charge is 0.141 e. The summed E-state index contributed by atoms with van der Waals surface area (Å²) in [6.07, 6.45) is 2.12. The standard InChI is InChI=1S/C11H16FN/c1-5-8-6-9(12)7-13-10(8)11(2,3)4/h6-7H,5H2,1-4H3. The van der Waals surface area contributed by atoms with Crippen LogP contribution in [-0.4, -0.2) is 4.98 Å². The van der Waals surface area contributed by atoms with Gasteiger partial charge in [0.2, 0.25) is 0 Å². The Morgan fingerprint density at radius 3 is 2.46 bits per heavy atom. The van der Waals surface area contributed by atoms with E-state index in [1.54, 1.807) is 6.07 Å². The van der Waals surface area contributed by atoms with Crippen LogP contribution in [0.2, 0.25) is 0 Å². The summed E-state index contributed by atoms with van der Waals surface area (Å²) in [6.45, 7) is 8.29. The molecule has 0 aliphatic carbocycles. The predicted octanol–water partition coefficient (Wildman–Crippen LogP) is 3.08. The summed E-state index contributed by atoms with van der Waals surface area (Å²) >= 11 is 0. The quantitative estimate of drug-likeness (QED) is 0.648. The van der Waals surface area contributed by atoms with E-state index in [-0.39, 0.29) is 11.2 Å². The first-order valence-electron chi connectivity index (χ1n) is 4.60. The number of aryl methyl sites for hydroxylation is 1. The summed E-state index contributed by atoms with van der Waals surface area (Å²) in [5.74, 6) is -0.246. The van der Waals surface area contributed by atoms with E-state index in [2.05, 4.69) is 25.8 Å². The average molecular weight is 181 g/mol. The first kappa shape index (κ1) is 10.2. The molecular formula is C11H16FN. The first-order chi connectivity index (χ1) is 5.95. The number of halogens is 1. The molecule has 0 atom stereocenters. The Kier molecular flexibility index (Phi) is 2.69. The molecule has 1 rings (SSSR count). The Balaban J connectivity index is 3.22. The van der Waals surface area contributed by atoms with Crippen LogP contribution in [0.5, 0.6) is 0 Å². The van der Waals surface area contributed by atoms with Crippen molar-refractivity contribution in [2.75, 3.05) is 0 Å². The molecule has 0 aliphatic heterocycles. The van der Waals surface area contributed by atoms with Crippen LogP contribution in [0, 0.1) is 5.82 Å². The maximum absolute atomic E-state index is 12.9. The zero-order chi connectivity index (χ0) is 10.1. The number of rotatable bonds is 1. The van der Waals surface area contributed by atoms with Crippen molar-refractivity contribution in [3.63, 3.8) is 0 Å². The van der Waals surface area contributed by atoms with E-state index in [0.29, 0.717) is 0 Å². The highest BCUT2D eigenvalue weighted by Gasteiger charge is 2.18. The van der Waals surface area contributed by atoms with Crippen LogP contribution >= 0.6 is 0 Å². The minimum atomic E-state index is -0.246. The summed E-state index contributed by atoms with van der Waals surface area (Å²) in [6, 6.07) is 1.58. The maximum atomic E-state index is 12.9. The van der Waals surface area contributed by atoms with Crippen LogP contribution in [0.1, 0.15) is 39.0 Å². The molecule has 0 radical (unpaired) electrons. The first-order valence-corrected chi connectivity index (χ1v) is 4.60. The van der Waals surface area contributed by atoms with Crippen molar-refractivity contribution < 1.29 is 4.39 Å². The van der Waals surface area contributed by atoms with Crippen LogP contribution in [0.3, 0.4) is 0 Å². The van der Waals surface area contributed by atoms with E-state index in [1.807, 2.05) is 6.92 Å². The van der Waals surface area contributed by atoms with E-state index in [4.69, 9.17) is 0 Å². The molecule has 0 aromatic carbocycles. The molecule has 2 heteroatoms. The lowest BCUT2D eigenvalue weighted by Crippen LogP contribution is -2.16. The highest BCUT2D eigenvalue weighted by atomic mass is 19.1. The summed E-state index contributed by atoms with van der Waals surface area (Å²) < 4.78 is 12.9. The zero-order valence-corrected chi connectivity index (χ0v) is 8.69. The molecule has 0 aliphatic rings. The number of hydrogen-bond donors (Lipinski definition) is 0. The van der Waals surface area contributed by atoms with Gasteiger partial charge in [-0.2, -0.15) is 0 Å². The molecular weight excluding hydrogens is 165 g/mol. The van der Waals surface area contributed by atoms with Crippen LogP contribution in [-0.2, 0) is 11.8 Å². The highest BCUT2D eigenvalue weighted by Crippen LogP contribution is 2.24. The minimum Gasteiger partial charge on any atom is -0.257 e. The van der Waals surface area contributed by atoms with E-state index >= 15 is 0 Å². The lowest BCUT2D eigenvalue weighted by Gasteiger charge is -2.20. The molecule has 0 bridgehead atoms. The molecule has 0 saturated carbocycles. The molecule has 1 aromatic heterocycles. The van der Waals surface area contributed by atoms with Gasteiger partial charge in [-0.1, -0.05) is 27.7 Å². The molecule has 72 valence electrons. The van der Waals surface area contributed by atoms with Gasteiger partial charge in [0.1, 0.15) is 5.82 Å². The summed E-state index contributed by atoms with van der Waals surface area (Å²) in [4.78, 5) is 4.15. The Morgan fingerprint density at radius 2 is 2.00 bits per heavy atom. The predicted molar refractivity (Wildman–Crippen MR) is 52.3 cm³/mol.